The van der Waals surface area contributed by atoms with Crippen LogP contribution in [0.5, 0.6) is 5.75 Å². The van der Waals surface area contributed by atoms with Gasteiger partial charge in [0, 0.05) is 31.1 Å². The summed E-state index contributed by atoms with van der Waals surface area (Å²) in [7, 11) is 0. The highest BCUT2D eigenvalue weighted by atomic mass is 35.5. The Labute approximate surface area is 164 Å². The second-order valence-electron chi connectivity index (χ2n) is 6.31. The van der Waals surface area contributed by atoms with Crippen molar-refractivity contribution in [3.8, 4) is 5.75 Å². The van der Waals surface area contributed by atoms with Gasteiger partial charge in [-0.3, -0.25) is 9.69 Å². The van der Waals surface area contributed by atoms with Crippen LogP contribution < -0.4 is 10.1 Å². The molecule has 0 spiro atoms. The molecule has 1 aliphatic rings. The standard InChI is InChI=1S/C20H22Cl2N2O2/c1-2-26-17-5-3-14-7-9-24(13-15(14)11-17)10-8-20(25)23-19-12-16(21)4-6-18(19)22/h3-6,11-12H,2,7-10,13H2,1H3,(H,23,25). The van der Waals surface area contributed by atoms with Gasteiger partial charge in [-0.1, -0.05) is 29.3 Å². The summed E-state index contributed by atoms with van der Waals surface area (Å²) >= 11 is 12.0. The SMILES string of the molecule is CCOc1ccc2c(c1)CN(CCC(=O)Nc1cc(Cl)ccc1Cl)CC2. The summed E-state index contributed by atoms with van der Waals surface area (Å²) < 4.78 is 5.59. The molecule has 1 heterocycles. The van der Waals surface area contributed by atoms with Gasteiger partial charge in [0.15, 0.2) is 0 Å². The molecule has 0 fully saturated rings. The molecule has 0 saturated carbocycles. The average Bonchev–Trinajstić information content (AvgIpc) is 2.63. The molecule has 0 aromatic heterocycles. The number of nitrogens with zero attached hydrogens (tertiary/aromatic N) is 1. The third-order valence-electron chi connectivity index (χ3n) is 4.44. The molecule has 0 radical (unpaired) electrons. The number of anilines is 1. The Balaban J connectivity index is 1.54. The van der Waals surface area contributed by atoms with Gasteiger partial charge < -0.3 is 10.1 Å². The number of amides is 1. The monoisotopic (exact) mass is 392 g/mol. The van der Waals surface area contributed by atoms with E-state index in [9.17, 15) is 4.79 Å². The Kier molecular flexibility index (Phi) is 6.41. The van der Waals surface area contributed by atoms with Crippen molar-refractivity contribution in [1.82, 2.24) is 4.90 Å². The van der Waals surface area contributed by atoms with Crippen molar-refractivity contribution in [2.24, 2.45) is 0 Å². The van der Waals surface area contributed by atoms with E-state index in [0.717, 1.165) is 25.3 Å². The largest absolute Gasteiger partial charge is 0.494 e. The first-order valence-electron chi connectivity index (χ1n) is 8.77. The maximum Gasteiger partial charge on any atom is 0.225 e. The van der Waals surface area contributed by atoms with Crippen LogP contribution in [0.15, 0.2) is 36.4 Å². The van der Waals surface area contributed by atoms with Crippen LogP contribution >= 0.6 is 23.2 Å². The first-order valence-corrected chi connectivity index (χ1v) is 9.52. The Morgan fingerprint density at radius 1 is 1.19 bits per heavy atom. The molecule has 3 rings (SSSR count). The van der Waals surface area contributed by atoms with Crippen LogP contribution in [0.1, 0.15) is 24.5 Å². The molecule has 0 saturated heterocycles. The highest BCUT2D eigenvalue weighted by Gasteiger charge is 2.18. The minimum absolute atomic E-state index is 0.0666. The first kappa shape index (κ1) is 19.0. The van der Waals surface area contributed by atoms with Gasteiger partial charge in [-0.05, 0) is 54.8 Å². The molecule has 2 aromatic carbocycles. The fourth-order valence-corrected chi connectivity index (χ4v) is 3.44. The van der Waals surface area contributed by atoms with Gasteiger partial charge in [-0.15, -0.1) is 0 Å². The number of carbonyl (C=O) groups excluding carboxylic acids is 1. The van der Waals surface area contributed by atoms with Gasteiger partial charge in [-0.25, -0.2) is 0 Å². The summed E-state index contributed by atoms with van der Waals surface area (Å²) in [6.07, 6.45) is 1.40. The molecule has 4 nitrogen and oxygen atoms in total. The molecule has 0 unspecified atom stereocenters. The number of fused-ring (bicyclic) bond motifs is 1. The highest BCUT2D eigenvalue weighted by molar-refractivity contribution is 6.35. The van der Waals surface area contributed by atoms with Crippen molar-refractivity contribution in [2.45, 2.75) is 26.3 Å². The Morgan fingerprint density at radius 3 is 2.85 bits per heavy atom. The maximum atomic E-state index is 12.2. The van der Waals surface area contributed by atoms with E-state index in [2.05, 4.69) is 22.3 Å². The fraction of sp³-hybridized carbons (Fsp3) is 0.350. The number of rotatable bonds is 6. The first-order chi connectivity index (χ1) is 12.5. The predicted octanol–water partition coefficient (Wildman–Crippen LogP) is 4.78. The molecule has 1 aliphatic heterocycles. The zero-order valence-electron chi connectivity index (χ0n) is 14.7. The average molecular weight is 393 g/mol. The third kappa shape index (κ3) is 4.91. The van der Waals surface area contributed by atoms with E-state index in [4.69, 9.17) is 27.9 Å². The molecule has 1 amide bonds. The molecule has 1 N–H and O–H groups in total. The van der Waals surface area contributed by atoms with E-state index in [-0.39, 0.29) is 5.91 Å². The molecular weight excluding hydrogens is 371 g/mol. The van der Waals surface area contributed by atoms with Crippen LogP contribution in [0.4, 0.5) is 5.69 Å². The molecule has 0 aliphatic carbocycles. The number of carbonyl (C=O) groups is 1. The van der Waals surface area contributed by atoms with E-state index < -0.39 is 0 Å². The predicted molar refractivity (Wildman–Crippen MR) is 106 cm³/mol. The molecule has 26 heavy (non-hydrogen) atoms. The molecule has 0 atom stereocenters. The van der Waals surface area contributed by atoms with Crippen molar-refractivity contribution in [1.29, 1.82) is 0 Å². The summed E-state index contributed by atoms with van der Waals surface area (Å²) in [4.78, 5) is 14.5. The number of hydrogen-bond donors (Lipinski definition) is 1. The minimum Gasteiger partial charge on any atom is -0.494 e. The van der Waals surface area contributed by atoms with E-state index >= 15 is 0 Å². The summed E-state index contributed by atoms with van der Waals surface area (Å²) in [5.74, 6) is 0.837. The van der Waals surface area contributed by atoms with Crippen LogP contribution in [-0.2, 0) is 17.8 Å². The van der Waals surface area contributed by atoms with Gasteiger partial charge in [0.05, 0.1) is 17.3 Å². The summed E-state index contributed by atoms with van der Waals surface area (Å²) in [6.45, 7) is 5.13. The van der Waals surface area contributed by atoms with Gasteiger partial charge in [0.2, 0.25) is 5.91 Å². The lowest BCUT2D eigenvalue weighted by Crippen LogP contribution is -2.33. The van der Waals surface area contributed by atoms with Crippen LogP contribution in [0.3, 0.4) is 0 Å². The van der Waals surface area contributed by atoms with Gasteiger partial charge in [0.25, 0.3) is 0 Å². The van der Waals surface area contributed by atoms with Crippen molar-refractivity contribution in [3.05, 3.63) is 57.6 Å². The molecule has 138 valence electrons. The molecule has 2 aromatic rings. The van der Waals surface area contributed by atoms with E-state index in [1.165, 1.54) is 11.1 Å². The number of benzene rings is 2. The van der Waals surface area contributed by atoms with Crippen molar-refractivity contribution in [3.63, 3.8) is 0 Å². The lowest BCUT2D eigenvalue weighted by Gasteiger charge is -2.28. The van der Waals surface area contributed by atoms with Crippen molar-refractivity contribution >= 4 is 34.8 Å². The lowest BCUT2D eigenvalue weighted by molar-refractivity contribution is -0.116. The lowest BCUT2D eigenvalue weighted by atomic mass is 9.99. The highest BCUT2D eigenvalue weighted by Crippen LogP contribution is 2.26. The molecule has 0 bridgehead atoms. The van der Waals surface area contributed by atoms with E-state index in [0.29, 0.717) is 35.3 Å². The number of nitrogens with one attached hydrogen (secondary N) is 1. The van der Waals surface area contributed by atoms with Crippen LogP contribution in [0.2, 0.25) is 10.0 Å². The number of ether oxygens (including phenoxy) is 1. The third-order valence-corrected chi connectivity index (χ3v) is 5.00. The zero-order valence-corrected chi connectivity index (χ0v) is 16.2. The van der Waals surface area contributed by atoms with Gasteiger partial charge >= 0.3 is 0 Å². The Morgan fingerprint density at radius 2 is 2.04 bits per heavy atom. The van der Waals surface area contributed by atoms with Gasteiger partial charge in [0.1, 0.15) is 5.75 Å². The van der Waals surface area contributed by atoms with E-state index in [1.807, 2.05) is 13.0 Å². The number of halogens is 2. The summed E-state index contributed by atoms with van der Waals surface area (Å²) in [5.41, 5.74) is 3.19. The van der Waals surface area contributed by atoms with Crippen LogP contribution in [-0.4, -0.2) is 30.5 Å². The minimum atomic E-state index is -0.0666. The van der Waals surface area contributed by atoms with Crippen LogP contribution in [0, 0.1) is 0 Å². The quantitative estimate of drug-likeness (QED) is 0.768. The van der Waals surface area contributed by atoms with E-state index in [1.54, 1.807) is 18.2 Å². The van der Waals surface area contributed by atoms with Gasteiger partial charge in [-0.2, -0.15) is 0 Å². The maximum absolute atomic E-state index is 12.2. The normalized spacial score (nSPS) is 14.0. The summed E-state index contributed by atoms with van der Waals surface area (Å²) in [6, 6.07) is 11.3. The van der Waals surface area contributed by atoms with Crippen LogP contribution in [0.25, 0.3) is 0 Å². The molecular formula is C20H22Cl2N2O2. The second-order valence-corrected chi connectivity index (χ2v) is 7.16. The summed E-state index contributed by atoms with van der Waals surface area (Å²) in [5, 5.41) is 3.86. The topological polar surface area (TPSA) is 41.6 Å². The smallest absolute Gasteiger partial charge is 0.225 e. The van der Waals surface area contributed by atoms with Crippen molar-refractivity contribution in [2.75, 3.05) is 25.0 Å². The number of hydrogen-bond acceptors (Lipinski definition) is 3. The fourth-order valence-electron chi connectivity index (χ4n) is 3.10. The molecule has 6 heteroatoms. The zero-order chi connectivity index (χ0) is 18.5. The Bertz CT molecular complexity index is 795. The second kappa shape index (κ2) is 8.76. The van der Waals surface area contributed by atoms with Crippen molar-refractivity contribution < 1.29 is 9.53 Å². The Hall–Kier alpha value is -1.75.